The van der Waals surface area contributed by atoms with Crippen molar-refractivity contribution in [3.63, 3.8) is 0 Å². The molecule has 0 saturated carbocycles. The van der Waals surface area contributed by atoms with Crippen LogP contribution in [0.4, 0.5) is 0 Å². The van der Waals surface area contributed by atoms with E-state index in [0.717, 1.165) is 72.2 Å². The van der Waals surface area contributed by atoms with Crippen molar-refractivity contribution in [1.82, 2.24) is 18.5 Å². The highest BCUT2D eigenvalue weighted by molar-refractivity contribution is 6.75. The summed E-state index contributed by atoms with van der Waals surface area (Å²) in [6.45, 7) is 12.3. The fourth-order valence-corrected chi connectivity index (χ4v) is 12.8. The Labute approximate surface area is 356 Å². The maximum absolute atomic E-state index is 15.7. The molecule has 0 N–H and O–H groups in total. The lowest BCUT2D eigenvalue weighted by Crippen LogP contribution is -2.48. The summed E-state index contributed by atoms with van der Waals surface area (Å²) in [6.07, 6.45) is 0. The predicted octanol–water partition coefficient (Wildman–Crippen LogP) is 10.2. The average molecular weight is 803 g/mol. The summed E-state index contributed by atoms with van der Waals surface area (Å²) in [7, 11) is 0. The van der Waals surface area contributed by atoms with Crippen LogP contribution in [0.15, 0.2) is 129 Å². The third-order valence-corrected chi connectivity index (χ3v) is 14.7. The Morgan fingerprint density at radius 1 is 0.500 bits per heavy atom. The molecule has 15 rings (SSSR count). The zero-order chi connectivity index (χ0) is 41.8. The van der Waals surface area contributed by atoms with Crippen molar-refractivity contribution < 1.29 is 4.42 Å². The topological polar surface area (TPSA) is 67.0 Å². The second kappa shape index (κ2) is 11.3. The van der Waals surface area contributed by atoms with Crippen molar-refractivity contribution in [2.45, 2.75) is 53.4 Å². The Balaban J connectivity index is 1.18. The van der Waals surface area contributed by atoms with Crippen molar-refractivity contribution in [2.24, 2.45) is 0 Å². The van der Waals surface area contributed by atoms with E-state index in [2.05, 4.69) is 137 Å². The summed E-state index contributed by atoms with van der Waals surface area (Å²) in [4.78, 5) is 31.0. The van der Waals surface area contributed by atoms with Crippen LogP contribution in [0.25, 0.3) is 66.6 Å². The summed E-state index contributed by atoms with van der Waals surface area (Å²) >= 11 is 0. The SMILES string of the molecule is Cc1cc(C)c(-c2cc(-c3c(C)cc(C)cc3C)c3c4c2-n2c5cc6c(cc5c(=O)n2B4n2c(=O)c4c5ccccc5oc4n2-3)C2c3ccccc3C6c3ccccc32)c(C)c1. The standard InChI is InChI=1S/C54H39BN4O3/c1-26-19-28(3)44(29(4)20-26)40-24-41(45-30(5)21-27(2)22-31(45)6)51-49-50(40)56-42-25-38-37(46-32-13-7-9-15-34(32)47(38)35-16-10-8-14-33(35)46)23-39(42)52(60)58(56)55(49)59-53(61)48-36-17-11-12-18-43(36)62-54(48)57(51)59/h7-25,46-47H,1-6H3. The Hall–Kier alpha value is -7.32. The van der Waals surface area contributed by atoms with Crippen LogP contribution in [0.2, 0.25) is 0 Å². The number of nitrogens with zero attached hydrogens (tertiary/aromatic N) is 4. The van der Waals surface area contributed by atoms with E-state index in [1.54, 1.807) is 4.59 Å². The zero-order valence-corrected chi connectivity index (χ0v) is 35.2. The van der Waals surface area contributed by atoms with Gasteiger partial charge in [0.25, 0.3) is 11.1 Å². The smallest absolute Gasteiger partial charge is 0.438 e. The molecule has 0 saturated heterocycles. The molecule has 62 heavy (non-hydrogen) atoms. The van der Waals surface area contributed by atoms with Crippen LogP contribution < -0.4 is 16.6 Å². The molecular weight excluding hydrogens is 763 g/mol. The fourth-order valence-electron chi connectivity index (χ4n) is 12.8. The van der Waals surface area contributed by atoms with Gasteiger partial charge in [0.05, 0.1) is 22.3 Å². The minimum absolute atomic E-state index is 0.0216. The highest BCUT2D eigenvalue weighted by Crippen LogP contribution is 2.56. The quantitative estimate of drug-likeness (QED) is 0.164. The van der Waals surface area contributed by atoms with Gasteiger partial charge < -0.3 is 4.42 Å². The lowest BCUT2D eigenvalue weighted by atomic mass is 9.61. The average Bonchev–Trinajstić information content (AvgIpc) is 4.02. The van der Waals surface area contributed by atoms with Crippen molar-refractivity contribution in [2.75, 3.05) is 0 Å². The molecule has 0 amide bonds. The summed E-state index contributed by atoms with van der Waals surface area (Å²) in [5.41, 5.74) is 23.4. The van der Waals surface area contributed by atoms with Gasteiger partial charge in [-0.05, 0) is 133 Å². The van der Waals surface area contributed by atoms with Crippen LogP contribution in [0, 0.1) is 41.5 Å². The molecule has 296 valence electrons. The molecule has 7 aromatic carbocycles. The van der Waals surface area contributed by atoms with E-state index in [1.165, 1.54) is 44.5 Å². The van der Waals surface area contributed by atoms with E-state index in [4.69, 9.17) is 4.42 Å². The van der Waals surface area contributed by atoms with Gasteiger partial charge >= 0.3 is 6.98 Å². The summed E-state index contributed by atoms with van der Waals surface area (Å²) in [5, 5.41) is 1.95. The van der Waals surface area contributed by atoms with Crippen molar-refractivity contribution >= 4 is 45.4 Å². The highest BCUT2D eigenvalue weighted by atomic mass is 16.3. The molecule has 8 heteroatoms. The molecule has 10 aromatic rings. The van der Waals surface area contributed by atoms with Gasteiger partial charge in [-0.25, -0.2) is 4.68 Å². The van der Waals surface area contributed by atoms with Gasteiger partial charge in [-0.2, -0.15) is 0 Å². The molecule has 0 fully saturated rings. The molecule has 2 aliphatic heterocycles. The first-order valence-corrected chi connectivity index (χ1v) is 21.6. The minimum Gasteiger partial charge on any atom is -0.438 e. The minimum atomic E-state index is -0.757. The zero-order valence-electron chi connectivity index (χ0n) is 35.2. The molecule has 7 nitrogen and oxygen atoms in total. The van der Waals surface area contributed by atoms with Crippen LogP contribution in [0.3, 0.4) is 0 Å². The van der Waals surface area contributed by atoms with E-state index in [0.29, 0.717) is 22.1 Å². The number of para-hydroxylation sites is 1. The van der Waals surface area contributed by atoms with Gasteiger partial charge in [-0.3, -0.25) is 23.5 Å². The first kappa shape index (κ1) is 34.4. The number of furan rings is 1. The second-order valence-electron chi connectivity index (χ2n) is 18.3. The summed E-state index contributed by atoms with van der Waals surface area (Å²) in [6, 6.07) is 41.2. The number of benzene rings is 7. The van der Waals surface area contributed by atoms with E-state index in [1.807, 2.05) is 33.5 Å². The van der Waals surface area contributed by atoms with Crippen LogP contribution in [-0.2, 0) is 0 Å². The van der Waals surface area contributed by atoms with E-state index < -0.39 is 6.98 Å². The lowest BCUT2D eigenvalue weighted by Gasteiger charge is -2.42. The first-order valence-electron chi connectivity index (χ1n) is 21.6. The third kappa shape index (κ3) is 3.91. The summed E-state index contributed by atoms with van der Waals surface area (Å²) < 4.78 is 14.6. The molecule has 0 spiro atoms. The number of aromatic nitrogens is 4. The number of hydrogen-bond donors (Lipinski definition) is 0. The van der Waals surface area contributed by atoms with Crippen molar-refractivity contribution in [3.8, 4) is 33.6 Å². The number of rotatable bonds is 2. The molecule has 5 heterocycles. The van der Waals surface area contributed by atoms with Gasteiger partial charge in [0.2, 0.25) is 5.71 Å². The van der Waals surface area contributed by atoms with Crippen LogP contribution in [-0.4, -0.2) is 25.5 Å². The van der Waals surface area contributed by atoms with Crippen molar-refractivity contribution in [3.05, 3.63) is 203 Å². The molecule has 2 bridgehead atoms. The Kier molecular flexibility index (Phi) is 6.29. The monoisotopic (exact) mass is 802 g/mol. The van der Waals surface area contributed by atoms with Crippen LogP contribution in [0.5, 0.6) is 0 Å². The molecule has 0 unspecified atom stereocenters. The second-order valence-corrected chi connectivity index (χ2v) is 18.3. The highest BCUT2D eigenvalue weighted by Gasteiger charge is 2.52. The first-order chi connectivity index (χ1) is 30.1. The number of fused-ring (bicyclic) bond motifs is 12. The lowest BCUT2D eigenvalue weighted by molar-refractivity contribution is 0.617. The van der Waals surface area contributed by atoms with E-state index in [-0.39, 0.29) is 23.0 Å². The van der Waals surface area contributed by atoms with Crippen LogP contribution in [0.1, 0.15) is 78.6 Å². The number of aryl methyl sites for hydroxylation is 6. The largest absolute Gasteiger partial charge is 0.462 e. The van der Waals surface area contributed by atoms with Gasteiger partial charge in [-0.1, -0.05) is 102 Å². The van der Waals surface area contributed by atoms with Crippen LogP contribution >= 0.6 is 0 Å². The van der Waals surface area contributed by atoms with E-state index >= 15 is 9.59 Å². The van der Waals surface area contributed by atoms with E-state index in [9.17, 15) is 0 Å². The fraction of sp³-hybridized carbons (Fsp3) is 0.148. The molecular formula is C54H39BN4O3. The molecule has 5 aliphatic rings. The molecule has 0 atom stereocenters. The Bertz CT molecular complexity index is 3810. The van der Waals surface area contributed by atoms with Gasteiger partial charge in [0.15, 0.2) is 0 Å². The molecule has 3 aliphatic carbocycles. The number of hydrogen-bond acceptors (Lipinski definition) is 3. The maximum atomic E-state index is 15.7. The molecule has 3 aromatic heterocycles. The maximum Gasteiger partial charge on any atom is 0.462 e. The van der Waals surface area contributed by atoms with Gasteiger partial charge in [0, 0.05) is 33.8 Å². The van der Waals surface area contributed by atoms with Gasteiger partial charge in [-0.15, -0.1) is 0 Å². The summed E-state index contributed by atoms with van der Waals surface area (Å²) in [5.74, 6) is 0.0578. The predicted molar refractivity (Wildman–Crippen MR) is 249 cm³/mol. The molecule has 0 radical (unpaired) electrons. The Morgan fingerprint density at radius 2 is 0.984 bits per heavy atom. The normalized spacial score (nSPS) is 16.0. The van der Waals surface area contributed by atoms with Crippen molar-refractivity contribution in [1.29, 1.82) is 0 Å². The van der Waals surface area contributed by atoms with Gasteiger partial charge in [0.1, 0.15) is 11.0 Å². The third-order valence-electron chi connectivity index (χ3n) is 14.7. The Morgan fingerprint density at radius 3 is 1.55 bits per heavy atom.